The maximum atomic E-state index is 13.4. The lowest BCUT2D eigenvalue weighted by molar-refractivity contribution is -0.115. The van der Waals surface area contributed by atoms with E-state index in [1.165, 1.54) is 24.3 Å². The highest BCUT2D eigenvalue weighted by atomic mass is 32.2. The van der Waals surface area contributed by atoms with E-state index in [1.54, 1.807) is 31.2 Å². The first kappa shape index (κ1) is 20.8. The number of rotatable bonds is 5. The number of nitriles is 2. The van der Waals surface area contributed by atoms with Gasteiger partial charge < -0.3 is 11.1 Å². The molecular formula is C22H16FN5OS. The summed E-state index contributed by atoms with van der Waals surface area (Å²) in [4.78, 5) is 16.7. The van der Waals surface area contributed by atoms with Gasteiger partial charge in [-0.1, -0.05) is 42.1 Å². The van der Waals surface area contributed by atoms with Crippen LogP contribution in [0.2, 0.25) is 0 Å². The standard InChI is InChI=1S/C22H16FN5OS/c1-13(21(29)27-16-5-3-2-4-6-16)30-22-18(12-25)19(17(11-24)20(26)28-22)14-7-9-15(23)10-8-14/h2-10,13H,1H3,(H2,26,28)(H,27,29). The minimum atomic E-state index is -0.599. The molecule has 1 atom stereocenters. The van der Waals surface area contributed by atoms with Crippen LogP contribution in [0.4, 0.5) is 15.9 Å². The third-order valence-electron chi connectivity index (χ3n) is 4.25. The van der Waals surface area contributed by atoms with E-state index in [0.717, 1.165) is 11.8 Å². The van der Waals surface area contributed by atoms with Gasteiger partial charge in [-0.05, 0) is 36.8 Å². The topological polar surface area (TPSA) is 116 Å². The van der Waals surface area contributed by atoms with Crippen LogP contribution in [0.5, 0.6) is 0 Å². The van der Waals surface area contributed by atoms with E-state index in [4.69, 9.17) is 5.73 Å². The first-order chi connectivity index (χ1) is 14.4. The van der Waals surface area contributed by atoms with Gasteiger partial charge in [-0.3, -0.25) is 4.79 Å². The van der Waals surface area contributed by atoms with E-state index < -0.39 is 11.1 Å². The van der Waals surface area contributed by atoms with Gasteiger partial charge in [-0.2, -0.15) is 10.5 Å². The largest absolute Gasteiger partial charge is 0.383 e. The normalized spacial score (nSPS) is 11.2. The van der Waals surface area contributed by atoms with Crippen molar-refractivity contribution in [2.24, 2.45) is 0 Å². The Bertz CT molecular complexity index is 1170. The summed E-state index contributed by atoms with van der Waals surface area (Å²) in [5.74, 6) is -0.782. The minimum absolute atomic E-state index is 0.0314. The summed E-state index contributed by atoms with van der Waals surface area (Å²) >= 11 is 1.06. The number of pyridine rings is 1. The fourth-order valence-electron chi connectivity index (χ4n) is 2.77. The minimum Gasteiger partial charge on any atom is -0.383 e. The van der Waals surface area contributed by atoms with Crippen LogP contribution in [0.15, 0.2) is 59.6 Å². The molecule has 6 nitrogen and oxygen atoms in total. The fourth-order valence-corrected chi connectivity index (χ4v) is 3.69. The second kappa shape index (κ2) is 9.08. The average molecular weight is 417 g/mol. The van der Waals surface area contributed by atoms with Crippen LogP contribution in [0, 0.1) is 28.5 Å². The lowest BCUT2D eigenvalue weighted by atomic mass is 9.97. The van der Waals surface area contributed by atoms with E-state index in [2.05, 4.69) is 16.4 Å². The fraction of sp³-hybridized carbons (Fsp3) is 0.0909. The van der Waals surface area contributed by atoms with Crippen molar-refractivity contribution in [1.29, 1.82) is 10.5 Å². The number of nitrogens with one attached hydrogen (secondary N) is 1. The zero-order valence-corrected chi connectivity index (χ0v) is 16.7. The molecule has 0 radical (unpaired) electrons. The predicted molar refractivity (Wildman–Crippen MR) is 114 cm³/mol. The Balaban J connectivity index is 1.99. The van der Waals surface area contributed by atoms with Crippen LogP contribution in [-0.4, -0.2) is 16.1 Å². The lowest BCUT2D eigenvalue weighted by Crippen LogP contribution is -2.22. The molecule has 1 heterocycles. The van der Waals surface area contributed by atoms with Gasteiger partial charge in [0, 0.05) is 11.3 Å². The van der Waals surface area contributed by atoms with Gasteiger partial charge in [0.05, 0.1) is 10.8 Å². The molecule has 3 N–H and O–H groups in total. The third kappa shape index (κ3) is 4.40. The number of thioether (sulfide) groups is 1. The molecule has 8 heteroatoms. The number of hydrogen-bond acceptors (Lipinski definition) is 6. The lowest BCUT2D eigenvalue weighted by Gasteiger charge is -2.16. The van der Waals surface area contributed by atoms with Crippen molar-refractivity contribution < 1.29 is 9.18 Å². The van der Waals surface area contributed by atoms with E-state index in [9.17, 15) is 19.7 Å². The number of nitrogens with two attached hydrogens (primary N) is 1. The average Bonchev–Trinajstić information content (AvgIpc) is 2.74. The summed E-state index contributed by atoms with van der Waals surface area (Å²) in [6.07, 6.45) is 0. The molecule has 1 amide bonds. The van der Waals surface area contributed by atoms with Gasteiger partial charge in [0.15, 0.2) is 0 Å². The molecule has 2 aromatic carbocycles. The van der Waals surface area contributed by atoms with Gasteiger partial charge in [0.1, 0.15) is 34.4 Å². The van der Waals surface area contributed by atoms with Crippen LogP contribution < -0.4 is 11.1 Å². The Hall–Kier alpha value is -3.88. The summed E-state index contributed by atoms with van der Waals surface area (Å²) in [5.41, 5.74) is 7.48. The summed E-state index contributed by atoms with van der Waals surface area (Å²) in [7, 11) is 0. The number of nitrogen functional groups attached to an aromatic ring is 1. The molecule has 3 aromatic rings. The molecule has 1 aromatic heterocycles. The Morgan fingerprint density at radius 1 is 1.10 bits per heavy atom. The number of nitrogens with zero attached hydrogens (tertiary/aromatic N) is 3. The molecule has 0 spiro atoms. The molecule has 0 bridgehead atoms. The van der Waals surface area contributed by atoms with Crippen molar-refractivity contribution >= 4 is 29.2 Å². The van der Waals surface area contributed by atoms with Crippen LogP contribution in [0.1, 0.15) is 18.1 Å². The van der Waals surface area contributed by atoms with Gasteiger partial charge in [-0.15, -0.1) is 0 Å². The van der Waals surface area contributed by atoms with Crippen molar-refractivity contribution in [2.75, 3.05) is 11.1 Å². The Morgan fingerprint density at radius 2 is 1.73 bits per heavy atom. The molecule has 30 heavy (non-hydrogen) atoms. The molecule has 0 aliphatic carbocycles. The molecular weight excluding hydrogens is 401 g/mol. The molecule has 0 aliphatic heterocycles. The Kier molecular flexibility index (Phi) is 6.31. The second-order valence-electron chi connectivity index (χ2n) is 6.27. The summed E-state index contributed by atoms with van der Waals surface area (Å²) in [5, 5.41) is 21.7. The first-order valence-electron chi connectivity index (χ1n) is 8.86. The maximum Gasteiger partial charge on any atom is 0.237 e. The van der Waals surface area contributed by atoms with Crippen LogP contribution in [-0.2, 0) is 4.79 Å². The van der Waals surface area contributed by atoms with Crippen molar-refractivity contribution in [3.8, 4) is 23.3 Å². The van der Waals surface area contributed by atoms with Gasteiger partial charge >= 0.3 is 0 Å². The number of amides is 1. The van der Waals surface area contributed by atoms with Crippen molar-refractivity contribution in [3.05, 3.63) is 71.5 Å². The number of carbonyl (C=O) groups excluding carboxylic acids is 1. The predicted octanol–water partition coefficient (Wildman–Crippen LogP) is 4.33. The van der Waals surface area contributed by atoms with Gasteiger partial charge in [-0.25, -0.2) is 9.37 Å². The monoisotopic (exact) mass is 417 g/mol. The number of benzene rings is 2. The first-order valence-corrected chi connectivity index (χ1v) is 9.74. The smallest absolute Gasteiger partial charge is 0.237 e. The number of halogens is 1. The van der Waals surface area contributed by atoms with E-state index >= 15 is 0 Å². The van der Waals surface area contributed by atoms with Crippen molar-refractivity contribution in [1.82, 2.24) is 4.98 Å². The molecule has 0 saturated heterocycles. The molecule has 0 fully saturated rings. The third-order valence-corrected chi connectivity index (χ3v) is 5.33. The quantitative estimate of drug-likeness (QED) is 0.597. The summed E-state index contributed by atoms with van der Waals surface area (Å²) < 4.78 is 13.4. The molecule has 0 aliphatic rings. The van der Waals surface area contributed by atoms with E-state index in [-0.39, 0.29) is 33.4 Å². The van der Waals surface area contributed by atoms with Crippen LogP contribution in [0.25, 0.3) is 11.1 Å². The highest BCUT2D eigenvalue weighted by Gasteiger charge is 2.24. The molecule has 1 unspecified atom stereocenters. The molecule has 148 valence electrons. The van der Waals surface area contributed by atoms with E-state index in [0.29, 0.717) is 11.3 Å². The molecule has 0 saturated carbocycles. The number of para-hydroxylation sites is 1. The van der Waals surface area contributed by atoms with Crippen molar-refractivity contribution in [3.63, 3.8) is 0 Å². The molecule has 3 rings (SSSR count). The number of anilines is 2. The number of hydrogen-bond donors (Lipinski definition) is 2. The van der Waals surface area contributed by atoms with Gasteiger partial charge in [0.25, 0.3) is 0 Å². The number of aromatic nitrogens is 1. The van der Waals surface area contributed by atoms with Crippen LogP contribution in [0.3, 0.4) is 0 Å². The van der Waals surface area contributed by atoms with Crippen LogP contribution >= 0.6 is 11.8 Å². The summed E-state index contributed by atoms with van der Waals surface area (Å²) in [6, 6.07) is 18.4. The Labute approximate surface area is 177 Å². The summed E-state index contributed by atoms with van der Waals surface area (Å²) in [6.45, 7) is 1.68. The SMILES string of the molecule is CC(Sc1nc(N)c(C#N)c(-c2ccc(F)cc2)c1C#N)C(=O)Nc1ccccc1. The zero-order chi connectivity index (χ0) is 21.7. The highest BCUT2D eigenvalue weighted by molar-refractivity contribution is 8.00. The zero-order valence-electron chi connectivity index (χ0n) is 15.9. The highest BCUT2D eigenvalue weighted by Crippen LogP contribution is 2.37. The second-order valence-corrected chi connectivity index (χ2v) is 7.60. The maximum absolute atomic E-state index is 13.4. The number of carbonyl (C=O) groups is 1. The van der Waals surface area contributed by atoms with Gasteiger partial charge in [0.2, 0.25) is 5.91 Å². The van der Waals surface area contributed by atoms with E-state index in [1.807, 2.05) is 12.1 Å². The van der Waals surface area contributed by atoms with Crippen molar-refractivity contribution in [2.45, 2.75) is 17.2 Å². The Morgan fingerprint density at radius 3 is 2.33 bits per heavy atom.